The Bertz CT molecular complexity index is 35.0. The summed E-state index contributed by atoms with van der Waals surface area (Å²) in [5.74, 6) is 0. The van der Waals surface area contributed by atoms with E-state index in [-0.39, 0.29) is 45.8 Å². The molecule has 0 fully saturated rings. The third-order valence-corrected chi connectivity index (χ3v) is 0. The van der Waals surface area contributed by atoms with Gasteiger partial charge in [0.1, 0.15) is 0 Å². The maximum Gasteiger partial charge on any atom is 2.00 e. The first kappa shape index (κ1) is 41.9. The van der Waals surface area contributed by atoms with E-state index >= 15 is 0 Å². The van der Waals surface area contributed by atoms with Crippen LogP contribution in [-0.4, -0.2) is 10.6 Å². The van der Waals surface area contributed by atoms with Crippen molar-refractivity contribution in [3.63, 3.8) is 0 Å². The summed E-state index contributed by atoms with van der Waals surface area (Å²) in [5, 5.41) is 14.8. The van der Waals surface area contributed by atoms with Crippen molar-refractivity contribution < 1.29 is 44.7 Å². The summed E-state index contributed by atoms with van der Waals surface area (Å²) < 4.78 is 0. The van der Waals surface area contributed by atoms with Crippen molar-refractivity contribution in [2.24, 2.45) is 0 Å². The van der Waals surface area contributed by atoms with E-state index in [1.807, 2.05) is 0 Å². The molecule has 0 aliphatic heterocycles. The second kappa shape index (κ2) is 27.2. The minimum absolute atomic E-state index is 0. The van der Waals surface area contributed by atoms with Gasteiger partial charge in [0.25, 0.3) is 0 Å². The van der Waals surface area contributed by atoms with E-state index < -0.39 is 5.09 Å². The van der Waals surface area contributed by atoms with E-state index in [2.05, 4.69) is 0 Å². The van der Waals surface area contributed by atoms with Gasteiger partial charge in [-0.05, 0) is 0 Å². The summed E-state index contributed by atoms with van der Waals surface area (Å²) >= 11 is 0. The summed E-state index contributed by atoms with van der Waals surface area (Å²) in [4.78, 5) is 8.25. The molecule has 0 aromatic rings. The van der Waals surface area contributed by atoms with Crippen LogP contribution in [-0.2, 0) is 34.1 Å². The van der Waals surface area contributed by atoms with Crippen molar-refractivity contribution in [1.82, 2.24) is 6.15 Å². The fraction of sp³-hybridized carbons (Fsp3) is 0. The molecule has 0 bridgehead atoms. The van der Waals surface area contributed by atoms with E-state index in [1.54, 1.807) is 0 Å². The molecule has 2 radical (unpaired) electrons. The molecule has 0 atom stereocenters. The van der Waals surface area contributed by atoms with Crippen LogP contribution in [0.2, 0.25) is 0 Å². The molecule has 0 saturated carbocycles. The average Bonchev–Trinajstić information content (AvgIpc) is 0.811. The van der Waals surface area contributed by atoms with E-state index in [1.165, 1.54) is 0 Å². The second-order valence-corrected chi connectivity index (χ2v) is 0.224. The minimum atomic E-state index is -1.75. The van der Waals surface area contributed by atoms with Gasteiger partial charge >= 0.3 is 17.1 Å². The quantitative estimate of drug-likeness (QED) is 0.312. The van der Waals surface area contributed by atoms with Crippen LogP contribution in [0.1, 0.15) is 0 Å². The standard InChI is InChI=1S/2Mn.NO3.H3N.H2O/c;;2-1(3)4;;/h;;;1H3;1H2/q;+2;-1;;. The Morgan fingerprint density at radius 2 is 1.25 bits per heavy atom. The van der Waals surface area contributed by atoms with Crippen molar-refractivity contribution >= 4 is 0 Å². The van der Waals surface area contributed by atoms with Crippen molar-refractivity contribution in [2.75, 3.05) is 0 Å². The van der Waals surface area contributed by atoms with Crippen molar-refractivity contribution in [3.8, 4) is 0 Å². The summed E-state index contributed by atoms with van der Waals surface area (Å²) in [7, 11) is 0. The van der Waals surface area contributed by atoms with Crippen LogP contribution in [0.15, 0.2) is 0 Å². The van der Waals surface area contributed by atoms with Gasteiger partial charge in [-0.15, -0.1) is 0 Å². The van der Waals surface area contributed by atoms with Gasteiger partial charge in [0.15, 0.2) is 0 Å². The van der Waals surface area contributed by atoms with Crippen molar-refractivity contribution in [3.05, 3.63) is 15.3 Å². The Morgan fingerprint density at radius 3 is 1.25 bits per heavy atom. The normalized spacial score (nSPS) is 3.00. The van der Waals surface area contributed by atoms with Gasteiger partial charge in [0, 0.05) is 17.1 Å². The van der Waals surface area contributed by atoms with Gasteiger partial charge in [-0.3, -0.25) is 0 Å². The van der Waals surface area contributed by atoms with Gasteiger partial charge in [-0.2, -0.15) is 0 Å². The predicted molar refractivity (Wildman–Crippen MR) is 19.0 cm³/mol. The molecular formula is H5Mn2N2O4+. The van der Waals surface area contributed by atoms with E-state index in [4.69, 9.17) is 15.3 Å². The maximum absolute atomic E-state index is 8.25. The number of hydrogen-bond donors (Lipinski definition) is 1. The Labute approximate surface area is 66.6 Å². The van der Waals surface area contributed by atoms with E-state index in [0.29, 0.717) is 0 Å². The van der Waals surface area contributed by atoms with Gasteiger partial charge in [0.05, 0.1) is 5.09 Å². The van der Waals surface area contributed by atoms with Crippen LogP contribution in [0.5, 0.6) is 0 Å². The molecule has 0 saturated heterocycles. The van der Waals surface area contributed by atoms with E-state index in [0.717, 1.165) is 0 Å². The number of rotatable bonds is 0. The summed E-state index contributed by atoms with van der Waals surface area (Å²) in [5.41, 5.74) is 0. The molecule has 0 unspecified atom stereocenters. The molecule has 0 aromatic carbocycles. The van der Waals surface area contributed by atoms with Crippen LogP contribution in [0.3, 0.4) is 0 Å². The molecular weight excluding hydrogens is 202 g/mol. The first-order chi connectivity index (χ1) is 1.73. The molecule has 0 heterocycles. The summed E-state index contributed by atoms with van der Waals surface area (Å²) in [6.07, 6.45) is 0. The van der Waals surface area contributed by atoms with Crippen LogP contribution in [0.25, 0.3) is 0 Å². The zero-order valence-corrected chi connectivity index (χ0v) is 6.00. The number of nitrogens with zero attached hydrogens (tertiary/aromatic N) is 1. The fourth-order valence-electron chi connectivity index (χ4n) is 0. The number of hydrogen-bond acceptors (Lipinski definition) is 4. The summed E-state index contributed by atoms with van der Waals surface area (Å²) in [6, 6.07) is 0. The molecule has 5 N–H and O–H groups in total. The Balaban J connectivity index is -0.00000000750. The van der Waals surface area contributed by atoms with Crippen molar-refractivity contribution in [2.45, 2.75) is 0 Å². The average molecular weight is 207 g/mol. The van der Waals surface area contributed by atoms with Gasteiger partial charge in [-0.1, -0.05) is 0 Å². The van der Waals surface area contributed by atoms with Crippen molar-refractivity contribution in [1.29, 1.82) is 0 Å². The molecule has 0 aliphatic rings. The fourth-order valence-corrected chi connectivity index (χ4v) is 0. The molecule has 6 nitrogen and oxygen atoms in total. The third kappa shape index (κ3) is 6490. The van der Waals surface area contributed by atoms with Gasteiger partial charge in [-0.25, -0.2) is 0 Å². The largest absolute Gasteiger partial charge is 2.00 e. The summed E-state index contributed by atoms with van der Waals surface area (Å²) in [6.45, 7) is 0. The molecule has 0 amide bonds. The smallest absolute Gasteiger partial charge is 0.412 e. The molecule has 52 valence electrons. The molecule has 0 spiro atoms. The Kier molecular flexibility index (Phi) is 143. The molecule has 0 aliphatic carbocycles. The SMILES string of the molecule is N.O.O=[N+]([O-])[O-].[Mn+2].[Mn]. The molecule has 8 heteroatoms. The van der Waals surface area contributed by atoms with Crippen LogP contribution in [0, 0.1) is 15.3 Å². The van der Waals surface area contributed by atoms with Gasteiger partial charge < -0.3 is 26.9 Å². The zero-order chi connectivity index (χ0) is 3.58. The van der Waals surface area contributed by atoms with Crippen LogP contribution >= 0.6 is 0 Å². The first-order valence-corrected chi connectivity index (χ1v) is 0.548. The predicted octanol–water partition coefficient (Wildman–Crippen LogP) is -0.907. The molecule has 8 heavy (non-hydrogen) atoms. The minimum Gasteiger partial charge on any atom is -0.412 e. The van der Waals surface area contributed by atoms with E-state index in [9.17, 15) is 0 Å². The second-order valence-electron chi connectivity index (χ2n) is 0.224. The Morgan fingerprint density at radius 1 is 1.25 bits per heavy atom. The molecule has 0 rings (SSSR count). The zero-order valence-electron chi connectivity index (χ0n) is 3.63. The first-order valence-electron chi connectivity index (χ1n) is 0.548. The monoisotopic (exact) mass is 207 g/mol. The Hall–Kier alpha value is 0.159. The topological polar surface area (TPSA) is 133 Å². The van der Waals surface area contributed by atoms with Crippen LogP contribution in [0.4, 0.5) is 0 Å². The maximum atomic E-state index is 8.25. The van der Waals surface area contributed by atoms with Crippen LogP contribution < -0.4 is 6.15 Å². The van der Waals surface area contributed by atoms with Gasteiger partial charge in [0.2, 0.25) is 0 Å². The third-order valence-electron chi connectivity index (χ3n) is 0. The molecule has 0 aromatic heterocycles.